The third kappa shape index (κ3) is 4.10. The highest BCUT2D eigenvalue weighted by molar-refractivity contribution is 7.89. The van der Waals surface area contributed by atoms with Crippen molar-refractivity contribution in [2.75, 3.05) is 13.2 Å². The lowest BCUT2D eigenvalue weighted by Gasteiger charge is -2.14. The van der Waals surface area contributed by atoms with Crippen molar-refractivity contribution < 1.29 is 23.4 Å². The van der Waals surface area contributed by atoms with Gasteiger partial charge in [0.05, 0.1) is 24.2 Å². The van der Waals surface area contributed by atoms with Crippen molar-refractivity contribution in [2.24, 2.45) is 0 Å². The van der Waals surface area contributed by atoms with E-state index in [4.69, 9.17) is 10.2 Å². The van der Waals surface area contributed by atoms with E-state index in [0.29, 0.717) is 5.56 Å². The molecular formula is C12H17NO5S. The van der Waals surface area contributed by atoms with Crippen molar-refractivity contribution in [3.8, 4) is 0 Å². The Labute approximate surface area is 112 Å². The third-order valence-corrected chi connectivity index (χ3v) is 4.07. The maximum absolute atomic E-state index is 12.0. The Balaban J connectivity index is 3.05. The lowest BCUT2D eigenvalue weighted by molar-refractivity contribution is 0.0988. The zero-order valence-corrected chi connectivity index (χ0v) is 11.4. The fourth-order valence-electron chi connectivity index (χ4n) is 1.46. The van der Waals surface area contributed by atoms with Gasteiger partial charge in [-0.15, -0.1) is 0 Å². The Kier molecular flexibility index (Phi) is 5.61. The van der Waals surface area contributed by atoms with Gasteiger partial charge in [-0.1, -0.05) is 19.1 Å². The standard InChI is InChI=1S/C12H17NO5S/c1-2-12(16)9-4-3-5-11(6-9)19(17,18)13-10(7-14)8-15/h3-6,10,13-15H,2,7-8H2,1H3. The molecule has 0 aromatic heterocycles. The van der Waals surface area contributed by atoms with Crippen LogP contribution in [-0.4, -0.2) is 43.7 Å². The molecule has 0 aliphatic rings. The smallest absolute Gasteiger partial charge is 0.240 e. The first-order chi connectivity index (χ1) is 8.94. The number of nitrogens with one attached hydrogen (secondary N) is 1. The summed E-state index contributed by atoms with van der Waals surface area (Å²) in [5, 5.41) is 17.8. The number of aliphatic hydroxyl groups is 2. The molecule has 0 atom stereocenters. The molecule has 0 spiro atoms. The fourth-order valence-corrected chi connectivity index (χ4v) is 2.72. The second-order valence-electron chi connectivity index (χ2n) is 3.99. The fraction of sp³-hybridized carbons (Fsp3) is 0.417. The molecule has 1 aromatic rings. The number of sulfonamides is 1. The van der Waals surface area contributed by atoms with Gasteiger partial charge in [0.25, 0.3) is 0 Å². The predicted octanol–water partition coefficient (Wildman–Crippen LogP) is -0.0892. The Morgan fingerprint density at radius 3 is 2.47 bits per heavy atom. The lowest BCUT2D eigenvalue weighted by atomic mass is 10.1. The van der Waals surface area contributed by atoms with Crippen LogP contribution in [0.3, 0.4) is 0 Å². The van der Waals surface area contributed by atoms with Gasteiger partial charge in [-0.05, 0) is 12.1 Å². The number of Topliss-reactive ketones (excluding diaryl/α,β-unsaturated/α-hetero) is 1. The van der Waals surface area contributed by atoms with E-state index in [0.717, 1.165) is 0 Å². The van der Waals surface area contributed by atoms with E-state index in [9.17, 15) is 13.2 Å². The number of carbonyl (C=O) groups excluding carboxylic acids is 1. The summed E-state index contributed by atoms with van der Waals surface area (Å²) in [4.78, 5) is 11.5. The SMILES string of the molecule is CCC(=O)c1cccc(S(=O)(=O)NC(CO)CO)c1. The first-order valence-corrected chi connectivity index (χ1v) is 7.30. The summed E-state index contributed by atoms with van der Waals surface area (Å²) in [6, 6.07) is 4.68. The van der Waals surface area contributed by atoms with Crippen LogP contribution in [0.15, 0.2) is 29.2 Å². The van der Waals surface area contributed by atoms with Crippen LogP contribution in [0.25, 0.3) is 0 Å². The van der Waals surface area contributed by atoms with Gasteiger partial charge in [0.2, 0.25) is 10.0 Å². The molecule has 3 N–H and O–H groups in total. The van der Waals surface area contributed by atoms with Crippen LogP contribution in [-0.2, 0) is 10.0 Å². The number of rotatable bonds is 7. The van der Waals surface area contributed by atoms with Gasteiger partial charge in [-0.3, -0.25) is 4.79 Å². The molecule has 0 saturated heterocycles. The van der Waals surface area contributed by atoms with Crippen LogP contribution < -0.4 is 4.72 Å². The van der Waals surface area contributed by atoms with Crippen molar-refractivity contribution in [2.45, 2.75) is 24.3 Å². The molecule has 6 nitrogen and oxygen atoms in total. The Bertz CT molecular complexity index is 537. The van der Waals surface area contributed by atoms with E-state index < -0.39 is 29.3 Å². The largest absolute Gasteiger partial charge is 0.395 e. The molecule has 1 rings (SSSR count). The molecule has 0 radical (unpaired) electrons. The molecular weight excluding hydrogens is 270 g/mol. The first-order valence-electron chi connectivity index (χ1n) is 5.82. The van der Waals surface area contributed by atoms with Crippen LogP contribution in [0, 0.1) is 0 Å². The minimum atomic E-state index is -3.87. The van der Waals surface area contributed by atoms with Gasteiger partial charge in [0.1, 0.15) is 0 Å². The van der Waals surface area contributed by atoms with Gasteiger partial charge in [0.15, 0.2) is 5.78 Å². The highest BCUT2D eigenvalue weighted by Gasteiger charge is 2.20. The first kappa shape index (κ1) is 15.8. The van der Waals surface area contributed by atoms with Crippen LogP contribution in [0.2, 0.25) is 0 Å². The number of aliphatic hydroxyl groups excluding tert-OH is 2. The molecule has 0 bridgehead atoms. The van der Waals surface area contributed by atoms with Gasteiger partial charge >= 0.3 is 0 Å². The summed E-state index contributed by atoms with van der Waals surface area (Å²) >= 11 is 0. The van der Waals surface area contributed by atoms with Crippen LogP contribution in [0.5, 0.6) is 0 Å². The number of benzene rings is 1. The molecule has 0 aliphatic carbocycles. The van der Waals surface area contributed by atoms with Crippen molar-refractivity contribution >= 4 is 15.8 Å². The van der Waals surface area contributed by atoms with Gasteiger partial charge in [-0.2, -0.15) is 0 Å². The summed E-state index contributed by atoms with van der Waals surface area (Å²) in [5.41, 5.74) is 0.315. The van der Waals surface area contributed by atoms with Crippen molar-refractivity contribution in [3.63, 3.8) is 0 Å². The zero-order chi connectivity index (χ0) is 14.5. The number of carbonyl (C=O) groups is 1. The van der Waals surface area contributed by atoms with Gasteiger partial charge in [-0.25, -0.2) is 13.1 Å². The molecule has 7 heteroatoms. The summed E-state index contributed by atoms with van der Waals surface area (Å²) in [7, 11) is -3.87. The molecule has 0 fully saturated rings. The minimum absolute atomic E-state index is 0.0706. The monoisotopic (exact) mass is 287 g/mol. The maximum atomic E-state index is 12.0. The third-order valence-electron chi connectivity index (χ3n) is 2.55. The van der Waals surface area contributed by atoms with E-state index >= 15 is 0 Å². The van der Waals surface area contributed by atoms with Crippen LogP contribution in [0.1, 0.15) is 23.7 Å². The second kappa shape index (κ2) is 6.76. The van der Waals surface area contributed by atoms with Crippen molar-refractivity contribution in [1.29, 1.82) is 0 Å². The quantitative estimate of drug-likeness (QED) is 0.608. The zero-order valence-electron chi connectivity index (χ0n) is 10.5. The van der Waals surface area contributed by atoms with Gasteiger partial charge in [0, 0.05) is 12.0 Å². The Morgan fingerprint density at radius 1 is 1.32 bits per heavy atom. The predicted molar refractivity (Wildman–Crippen MR) is 69.3 cm³/mol. The summed E-state index contributed by atoms with van der Waals surface area (Å²) < 4.78 is 26.1. The highest BCUT2D eigenvalue weighted by atomic mass is 32.2. The van der Waals surface area contributed by atoms with Crippen molar-refractivity contribution in [1.82, 2.24) is 4.72 Å². The molecule has 1 aromatic carbocycles. The van der Waals surface area contributed by atoms with E-state index in [2.05, 4.69) is 4.72 Å². The minimum Gasteiger partial charge on any atom is -0.395 e. The highest BCUT2D eigenvalue weighted by Crippen LogP contribution is 2.13. The number of ketones is 1. The van der Waals surface area contributed by atoms with E-state index in [-0.39, 0.29) is 17.1 Å². The second-order valence-corrected chi connectivity index (χ2v) is 5.70. The molecule has 19 heavy (non-hydrogen) atoms. The number of hydrogen-bond donors (Lipinski definition) is 3. The lowest BCUT2D eigenvalue weighted by Crippen LogP contribution is -2.40. The number of hydrogen-bond acceptors (Lipinski definition) is 5. The van der Waals surface area contributed by atoms with E-state index in [1.807, 2.05) is 0 Å². The molecule has 0 heterocycles. The molecule has 106 valence electrons. The van der Waals surface area contributed by atoms with Crippen LogP contribution in [0.4, 0.5) is 0 Å². The van der Waals surface area contributed by atoms with E-state index in [1.54, 1.807) is 13.0 Å². The summed E-state index contributed by atoms with van der Waals surface area (Å²) in [6.07, 6.45) is 0.285. The normalized spacial score (nSPS) is 11.8. The summed E-state index contributed by atoms with van der Waals surface area (Å²) in [5.74, 6) is -0.155. The summed E-state index contributed by atoms with van der Waals surface area (Å²) in [6.45, 7) is 0.669. The average molecular weight is 287 g/mol. The molecule has 0 unspecified atom stereocenters. The maximum Gasteiger partial charge on any atom is 0.240 e. The average Bonchev–Trinajstić information content (AvgIpc) is 2.44. The Hall–Kier alpha value is -1.28. The molecule has 0 amide bonds. The molecule has 0 saturated carbocycles. The van der Waals surface area contributed by atoms with E-state index in [1.165, 1.54) is 18.2 Å². The van der Waals surface area contributed by atoms with Crippen molar-refractivity contribution in [3.05, 3.63) is 29.8 Å². The van der Waals surface area contributed by atoms with Crippen LogP contribution >= 0.6 is 0 Å². The Morgan fingerprint density at radius 2 is 1.95 bits per heavy atom. The van der Waals surface area contributed by atoms with Gasteiger partial charge < -0.3 is 10.2 Å². The topological polar surface area (TPSA) is 104 Å². The molecule has 0 aliphatic heterocycles.